The molecule has 1 unspecified atom stereocenters. The van der Waals surface area contributed by atoms with Crippen molar-refractivity contribution in [3.63, 3.8) is 0 Å². The number of rotatable bonds is 6. The molecule has 5 rings (SSSR count). The smallest absolute Gasteiger partial charge is 0.152 e. The molecule has 32 heavy (non-hydrogen) atoms. The summed E-state index contributed by atoms with van der Waals surface area (Å²) in [5.41, 5.74) is 5.11. The van der Waals surface area contributed by atoms with Crippen LogP contribution in [0.1, 0.15) is 12.0 Å². The van der Waals surface area contributed by atoms with Crippen molar-refractivity contribution in [2.75, 3.05) is 27.2 Å². The first-order valence-electron chi connectivity index (χ1n) is 10.9. The number of halogens is 1. The summed E-state index contributed by atoms with van der Waals surface area (Å²) in [6, 6.07) is 19.2. The van der Waals surface area contributed by atoms with Gasteiger partial charge < -0.3 is 9.32 Å². The number of furan rings is 1. The van der Waals surface area contributed by atoms with Crippen LogP contribution < -0.4 is 0 Å². The first-order chi connectivity index (χ1) is 15.6. The largest absolute Gasteiger partial charge is 0.463 e. The molecule has 0 saturated carbocycles. The lowest BCUT2D eigenvalue weighted by Crippen LogP contribution is -2.31. The second-order valence-electron chi connectivity index (χ2n) is 8.60. The highest BCUT2D eigenvalue weighted by Gasteiger charge is 2.26. The number of likely N-dealkylation sites (tertiary alicyclic amines) is 1. The molecule has 2 aromatic heterocycles. The van der Waals surface area contributed by atoms with Crippen LogP contribution in [0.2, 0.25) is 0 Å². The minimum atomic E-state index is -0.229. The van der Waals surface area contributed by atoms with Gasteiger partial charge in [-0.05, 0) is 68.0 Å². The van der Waals surface area contributed by atoms with E-state index < -0.39 is 0 Å². The van der Waals surface area contributed by atoms with Gasteiger partial charge in [0.25, 0.3) is 0 Å². The molecule has 5 nitrogen and oxygen atoms in total. The van der Waals surface area contributed by atoms with Crippen molar-refractivity contribution >= 4 is 0 Å². The molecule has 3 heterocycles. The number of hydrogen-bond donors (Lipinski definition) is 0. The highest BCUT2D eigenvalue weighted by atomic mass is 19.1. The van der Waals surface area contributed by atoms with Gasteiger partial charge in [-0.25, -0.2) is 9.07 Å². The van der Waals surface area contributed by atoms with E-state index in [1.54, 1.807) is 18.4 Å². The third-order valence-electron chi connectivity index (χ3n) is 6.26. The maximum atomic E-state index is 13.2. The Balaban J connectivity index is 1.45. The summed E-state index contributed by atoms with van der Waals surface area (Å²) < 4.78 is 21.0. The molecule has 0 bridgehead atoms. The molecule has 1 aliphatic rings. The van der Waals surface area contributed by atoms with E-state index in [0.717, 1.165) is 53.5 Å². The predicted octanol–water partition coefficient (Wildman–Crippen LogP) is 5.07. The zero-order valence-electron chi connectivity index (χ0n) is 18.4. The van der Waals surface area contributed by atoms with E-state index in [0.29, 0.717) is 6.04 Å². The molecule has 6 heteroatoms. The molecule has 0 spiro atoms. The molecule has 1 fully saturated rings. The van der Waals surface area contributed by atoms with Gasteiger partial charge in [-0.2, -0.15) is 5.10 Å². The van der Waals surface area contributed by atoms with Gasteiger partial charge in [0.15, 0.2) is 5.76 Å². The summed E-state index contributed by atoms with van der Waals surface area (Å²) in [7, 11) is 4.30. The Kier molecular flexibility index (Phi) is 5.64. The Morgan fingerprint density at radius 3 is 2.38 bits per heavy atom. The summed E-state index contributed by atoms with van der Waals surface area (Å²) in [5, 5.41) is 4.72. The molecular weight excluding hydrogens is 403 g/mol. The summed E-state index contributed by atoms with van der Waals surface area (Å²) >= 11 is 0. The van der Waals surface area contributed by atoms with Crippen molar-refractivity contribution in [1.29, 1.82) is 0 Å². The average molecular weight is 431 g/mol. The SMILES string of the molecule is CN(C)C1CCN(Cc2cnn(-c3ccc(-c4ccc(F)cc4)cc3)c2-c2ccco2)C1. The second kappa shape index (κ2) is 8.73. The quantitative estimate of drug-likeness (QED) is 0.428. The maximum Gasteiger partial charge on any atom is 0.152 e. The Bertz CT molecular complexity index is 1160. The zero-order chi connectivity index (χ0) is 22.1. The lowest BCUT2D eigenvalue weighted by molar-refractivity contribution is 0.265. The summed E-state index contributed by atoms with van der Waals surface area (Å²) in [4.78, 5) is 4.79. The summed E-state index contributed by atoms with van der Waals surface area (Å²) in [6.07, 6.45) is 4.84. The zero-order valence-corrected chi connectivity index (χ0v) is 18.4. The molecule has 1 atom stereocenters. The molecule has 1 aliphatic heterocycles. The second-order valence-corrected chi connectivity index (χ2v) is 8.60. The minimum Gasteiger partial charge on any atom is -0.463 e. The van der Waals surface area contributed by atoms with E-state index in [1.165, 1.54) is 18.6 Å². The van der Waals surface area contributed by atoms with Crippen LogP contribution >= 0.6 is 0 Å². The van der Waals surface area contributed by atoms with Gasteiger partial charge in [0.05, 0.1) is 18.1 Å². The third-order valence-corrected chi connectivity index (χ3v) is 6.26. The Morgan fingerprint density at radius 2 is 1.75 bits per heavy atom. The molecule has 0 amide bonds. The number of benzene rings is 2. The van der Waals surface area contributed by atoms with Gasteiger partial charge in [0, 0.05) is 31.2 Å². The Hall–Kier alpha value is -3.22. The lowest BCUT2D eigenvalue weighted by atomic mass is 10.1. The fraction of sp³-hybridized carbons (Fsp3) is 0.269. The highest BCUT2D eigenvalue weighted by Crippen LogP contribution is 2.30. The van der Waals surface area contributed by atoms with E-state index >= 15 is 0 Å². The lowest BCUT2D eigenvalue weighted by Gasteiger charge is -2.20. The van der Waals surface area contributed by atoms with Gasteiger partial charge in [-0.3, -0.25) is 4.90 Å². The topological polar surface area (TPSA) is 37.4 Å². The van der Waals surface area contributed by atoms with Crippen molar-refractivity contribution in [2.24, 2.45) is 0 Å². The van der Waals surface area contributed by atoms with Crippen LogP contribution in [0, 0.1) is 5.82 Å². The maximum absolute atomic E-state index is 13.2. The van der Waals surface area contributed by atoms with E-state index in [-0.39, 0.29) is 5.82 Å². The summed E-state index contributed by atoms with van der Waals surface area (Å²) in [5.74, 6) is 0.580. The van der Waals surface area contributed by atoms with Gasteiger partial charge in [0.1, 0.15) is 11.5 Å². The molecule has 164 valence electrons. The number of aromatic nitrogens is 2. The van der Waals surface area contributed by atoms with E-state index in [1.807, 2.05) is 47.3 Å². The van der Waals surface area contributed by atoms with Gasteiger partial charge in [-0.1, -0.05) is 24.3 Å². The molecule has 0 radical (unpaired) electrons. The fourth-order valence-electron chi connectivity index (χ4n) is 4.43. The van der Waals surface area contributed by atoms with Crippen LogP contribution in [0.15, 0.2) is 77.5 Å². The van der Waals surface area contributed by atoms with Crippen LogP contribution in [0.3, 0.4) is 0 Å². The van der Waals surface area contributed by atoms with E-state index in [9.17, 15) is 4.39 Å². The number of nitrogens with zero attached hydrogens (tertiary/aromatic N) is 4. The van der Waals surface area contributed by atoms with Crippen LogP contribution in [0.5, 0.6) is 0 Å². The van der Waals surface area contributed by atoms with Gasteiger partial charge >= 0.3 is 0 Å². The Morgan fingerprint density at radius 1 is 1.03 bits per heavy atom. The first-order valence-corrected chi connectivity index (χ1v) is 10.9. The predicted molar refractivity (Wildman–Crippen MR) is 124 cm³/mol. The van der Waals surface area contributed by atoms with E-state index in [4.69, 9.17) is 9.52 Å². The summed E-state index contributed by atoms with van der Waals surface area (Å²) in [6.45, 7) is 2.98. The van der Waals surface area contributed by atoms with Crippen LogP contribution in [0.25, 0.3) is 28.3 Å². The first kappa shape index (κ1) is 20.7. The van der Waals surface area contributed by atoms with E-state index in [2.05, 4.69) is 23.9 Å². The van der Waals surface area contributed by atoms with Gasteiger partial charge in [-0.15, -0.1) is 0 Å². The minimum absolute atomic E-state index is 0.229. The van der Waals surface area contributed by atoms with Crippen molar-refractivity contribution in [1.82, 2.24) is 19.6 Å². The monoisotopic (exact) mass is 430 g/mol. The molecular formula is C26H27FN4O. The van der Waals surface area contributed by atoms with Gasteiger partial charge in [0.2, 0.25) is 0 Å². The molecule has 1 saturated heterocycles. The molecule has 4 aromatic rings. The van der Waals surface area contributed by atoms with Crippen molar-refractivity contribution < 1.29 is 8.81 Å². The standard InChI is InChI=1S/C26H27FN4O/c1-29(2)24-13-14-30(18-24)17-21-16-28-31(26(21)25-4-3-15-32-25)23-11-7-20(8-12-23)19-5-9-22(27)10-6-19/h3-12,15-16,24H,13-14,17-18H2,1-2H3. The molecule has 0 N–H and O–H groups in total. The van der Waals surface area contributed by atoms with Crippen molar-refractivity contribution in [2.45, 2.75) is 19.0 Å². The fourth-order valence-corrected chi connectivity index (χ4v) is 4.43. The Labute approximate surface area is 187 Å². The van der Waals surface area contributed by atoms with Crippen LogP contribution in [0.4, 0.5) is 4.39 Å². The number of likely N-dealkylation sites (N-methyl/N-ethyl adjacent to an activating group) is 1. The average Bonchev–Trinajstić information content (AvgIpc) is 3.56. The molecule has 0 aliphatic carbocycles. The van der Waals surface area contributed by atoms with Crippen molar-refractivity contribution in [3.05, 3.63) is 84.5 Å². The third kappa shape index (κ3) is 4.11. The van der Waals surface area contributed by atoms with Crippen LogP contribution in [-0.4, -0.2) is 52.8 Å². The van der Waals surface area contributed by atoms with Crippen molar-refractivity contribution in [3.8, 4) is 28.3 Å². The van der Waals surface area contributed by atoms with Crippen LogP contribution in [-0.2, 0) is 6.54 Å². The number of hydrogen-bond acceptors (Lipinski definition) is 4. The molecule has 2 aromatic carbocycles. The normalized spacial score (nSPS) is 16.8. The highest BCUT2D eigenvalue weighted by molar-refractivity contribution is 5.66.